The second-order valence-corrected chi connectivity index (χ2v) is 10.3. The molecule has 0 spiro atoms. The fraction of sp³-hybridized carbons (Fsp3) is 0.280. The van der Waals surface area contributed by atoms with Gasteiger partial charge in [-0.05, 0) is 43.2 Å². The van der Waals surface area contributed by atoms with Crippen molar-refractivity contribution < 1.29 is 13.3 Å². The van der Waals surface area contributed by atoms with Gasteiger partial charge >= 0.3 is 0 Å². The van der Waals surface area contributed by atoms with Gasteiger partial charge in [-0.25, -0.2) is 8.42 Å². The van der Waals surface area contributed by atoms with Crippen LogP contribution in [0.3, 0.4) is 0 Å². The third kappa shape index (κ3) is 5.37. The third-order valence-electron chi connectivity index (χ3n) is 6.04. The lowest BCUT2D eigenvalue weighted by molar-refractivity contribution is -0.384. The van der Waals surface area contributed by atoms with Gasteiger partial charge in [-0.2, -0.15) is 0 Å². The zero-order valence-electron chi connectivity index (χ0n) is 19.3. The molecule has 0 aromatic heterocycles. The van der Waals surface area contributed by atoms with Crippen molar-refractivity contribution in [3.8, 4) is 0 Å². The summed E-state index contributed by atoms with van der Waals surface area (Å²) in [4.78, 5) is 15.5. The number of piperazine rings is 1. The minimum atomic E-state index is -3.98. The van der Waals surface area contributed by atoms with Crippen LogP contribution in [-0.2, 0) is 16.6 Å². The van der Waals surface area contributed by atoms with Gasteiger partial charge in [-0.1, -0.05) is 48.0 Å². The highest BCUT2D eigenvalue weighted by Gasteiger charge is 2.27. The fourth-order valence-corrected chi connectivity index (χ4v) is 5.35. The summed E-state index contributed by atoms with van der Waals surface area (Å²) in [5.74, 6) is 0. The number of rotatable bonds is 7. The zero-order chi connectivity index (χ0) is 24.3. The molecule has 178 valence electrons. The van der Waals surface area contributed by atoms with E-state index in [2.05, 4.69) is 21.8 Å². The molecule has 1 heterocycles. The van der Waals surface area contributed by atoms with Crippen molar-refractivity contribution in [3.05, 3.63) is 93.5 Å². The smallest absolute Gasteiger partial charge is 0.293 e. The Hall–Kier alpha value is -3.43. The summed E-state index contributed by atoms with van der Waals surface area (Å²) < 4.78 is 28.5. The van der Waals surface area contributed by atoms with Crippen LogP contribution in [0.4, 0.5) is 17.1 Å². The first-order valence-corrected chi connectivity index (χ1v) is 12.6. The van der Waals surface area contributed by atoms with E-state index in [-0.39, 0.29) is 10.6 Å². The molecule has 0 radical (unpaired) electrons. The summed E-state index contributed by atoms with van der Waals surface area (Å²) in [5.41, 5.74) is 3.71. The Kier molecular flexibility index (Phi) is 6.85. The van der Waals surface area contributed by atoms with E-state index in [1.165, 1.54) is 11.6 Å². The highest BCUT2D eigenvalue weighted by molar-refractivity contribution is 7.92. The van der Waals surface area contributed by atoms with E-state index in [0.29, 0.717) is 24.5 Å². The number of nitrogens with one attached hydrogen (secondary N) is 1. The Balaban J connectivity index is 1.51. The third-order valence-corrected chi connectivity index (χ3v) is 7.41. The molecule has 0 bridgehead atoms. The zero-order valence-corrected chi connectivity index (χ0v) is 20.1. The molecule has 0 aliphatic carbocycles. The maximum absolute atomic E-state index is 13.0. The number of sulfonamides is 1. The average molecular weight is 481 g/mol. The van der Waals surface area contributed by atoms with Crippen LogP contribution in [-0.4, -0.2) is 44.4 Å². The average Bonchev–Trinajstić information content (AvgIpc) is 2.82. The van der Waals surface area contributed by atoms with Gasteiger partial charge in [0.2, 0.25) is 0 Å². The van der Waals surface area contributed by atoms with E-state index < -0.39 is 14.9 Å². The first-order chi connectivity index (χ1) is 16.2. The van der Waals surface area contributed by atoms with Crippen molar-refractivity contribution in [3.63, 3.8) is 0 Å². The van der Waals surface area contributed by atoms with Gasteiger partial charge in [0.1, 0.15) is 5.69 Å². The fourth-order valence-electron chi connectivity index (χ4n) is 4.20. The molecule has 0 unspecified atom stereocenters. The molecule has 1 N–H and O–H groups in total. The molecule has 3 aromatic rings. The minimum Gasteiger partial charge on any atom is -0.363 e. The standard InChI is InChI=1S/C25H28N4O4S/c1-19-8-10-23(20(2)16-19)26-34(32,33)22-9-11-24(25(17-22)29(30)31)28-14-12-27(13-15-28)18-21-6-4-3-5-7-21/h3-11,16-17,26H,12-15,18H2,1-2H3. The van der Waals surface area contributed by atoms with Gasteiger partial charge in [0, 0.05) is 38.8 Å². The Labute approximate surface area is 200 Å². The second kappa shape index (κ2) is 9.82. The molecule has 3 aromatic carbocycles. The predicted molar refractivity (Wildman–Crippen MR) is 134 cm³/mol. The van der Waals surface area contributed by atoms with Crippen LogP contribution >= 0.6 is 0 Å². The van der Waals surface area contributed by atoms with Crippen molar-refractivity contribution in [2.45, 2.75) is 25.3 Å². The Bertz CT molecular complexity index is 1290. The molecule has 1 aliphatic rings. The molecule has 0 amide bonds. The molecule has 1 saturated heterocycles. The number of nitro groups is 1. The highest BCUT2D eigenvalue weighted by atomic mass is 32.2. The van der Waals surface area contributed by atoms with E-state index in [1.807, 2.05) is 49.1 Å². The molecule has 0 atom stereocenters. The number of anilines is 2. The molecular weight excluding hydrogens is 452 g/mol. The number of nitro benzene ring substituents is 1. The molecule has 9 heteroatoms. The van der Waals surface area contributed by atoms with Gasteiger partial charge in [-0.3, -0.25) is 19.7 Å². The van der Waals surface area contributed by atoms with Crippen LogP contribution < -0.4 is 9.62 Å². The lowest BCUT2D eigenvalue weighted by atomic mass is 10.1. The van der Waals surface area contributed by atoms with Crippen LogP contribution in [0.25, 0.3) is 0 Å². The highest BCUT2D eigenvalue weighted by Crippen LogP contribution is 2.32. The largest absolute Gasteiger partial charge is 0.363 e. The Morgan fingerprint density at radius 1 is 0.941 bits per heavy atom. The maximum Gasteiger partial charge on any atom is 0.293 e. The molecule has 1 fully saturated rings. The van der Waals surface area contributed by atoms with E-state index >= 15 is 0 Å². The summed E-state index contributed by atoms with van der Waals surface area (Å²) in [6.45, 7) is 7.35. The number of hydrogen-bond donors (Lipinski definition) is 1. The van der Waals surface area contributed by atoms with Crippen molar-refractivity contribution in [2.24, 2.45) is 0 Å². The monoisotopic (exact) mass is 480 g/mol. The first kappa shape index (κ1) is 23.7. The maximum atomic E-state index is 13.0. The van der Waals surface area contributed by atoms with Crippen LogP contribution in [0.1, 0.15) is 16.7 Å². The van der Waals surface area contributed by atoms with Gasteiger partial charge in [0.25, 0.3) is 15.7 Å². The lowest BCUT2D eigenvalue weighted by Gasteiger charge is -2.35. The Morgan fingerprint density at radius 2 is 1.65 bits per heavy atom. The van der Waals surface area contributed by atoms with E-state index in [1.54, 1.807) is 12.1 Å². The number of benzene rings is 3. The number of aryl methyl sites for hydroxylation is 2. The molecular formula is C25H28N4O4S. The molecule has 4 rings (SSSR count). The van der Waals surface area contributed by atoms with Crippen LogP contribution in [0.15, 0.2) is 71.6 Å². The van der Waals surface area contributed by atoms with Crippen molar-refractivity contribution in [2.75, 3.05) is 35.8 Å². The SMILES string of the molecule is Cc1ccc(NS(=O)(=O)c2ccc(N3CCN(Cc4ccccc4)CC3)c([N+](=O)[O-])c2)c(C)c1. The van der Waals surface area contributed by atoms with Crippen molar-refractivity contribution in [1.29, 1.82) is 0 Å². The molecule has 8 nitrogen and oxygen atoms in total. The summed E-state index contributed by atoms with van der Waals surface area (Å²) >= 11 is 0. The van der Waals surface area contributed by atoms with E-state index in [4.69, 9.17) is 0 Å². The second-order valence-electron chi connectivity index (χ2n) is 8.58. The molecule has 34 heavy (non-hydrogen) atoms. The molecule has 0 saturated carbocycles. The van der Waals surface area contributed by atoms with Crippen molar-refractivity contribution >= 4 is 27.1 Å². The summed E-state index contributed by atoms with van der Waals surface area (Å²) in [7, 11) is -3.98. The van der Waals surface area contributed by atoms with E-state index in [9.17, 15) is 18.5 Å². The van der Waals surface area contributed by atoms with Crippen LogP contribution in [0.5, 0.6) is 0 Å². The molecule has 1 aliphatic heterocycles. The van der Waals surface area contributed by atoms with Gasteiger partial charge in [-0.15, -0.1) is 0 Å². The van der Waals surface area contributed by atoms with E-state index in [0.717, 1.165) is 36.8 Å². The topological polar surface area (TPSA) is 95.8 Å². The van der Waals surface area contributed by atoms with Crippen LogP contribution in [0.2, 0.25) is 0 Å². The lowest BCUT2D eigenvalue weighted by Crippen LogP contribution is -2.46. The first-order valence-electron chi connectivity index (χ1n) is 11.1. The quantitative estimate of drug-likeness (QED) is 0.399. The summed E-state index contributed by atoms with van der Waals surface area (Å²) in [5, 5.41) is 11.9. The Morgan fingerprint density at radius 3 is 2.29 bits per heavy atom. The number of nitrogens with zero attached hydrogens (tertiary/aromatic N) is 3. The predicted octanol–water partition coefficient (Wildman–Crippen LogP) is 4.33. The normalized spacial score (nSPS) is 14.7. The van der Waals surface area contributed by atoms with Gasteiger partial charge < -0.3 is 4.90 Å². The van der Waals surface area contributed by atoms with Gasteiger partial charge in [0.05, 0.1) is 15.5 Å². The van der Waals surface area contributed by atoms with Gasteiger partial charge in [0.15, 0.2) is 0 Å². The number of hydrogen-bond acceptors (Lipinski definition) is 6. The minimum absolute atomic E-state index is 0.134. The summed E-state index contributed by atoms with van der Waals surface area (Å²) in [6.07, 6.45) is 0. The van der Waals surface area contributed by atoms with Crippen molar-refractivity contribution in [1.82, 2.24) is 4.90 Å². The van der Waals surface area contributed by atoms with Crippen LogP contribution in [0, 0.1) is 24.0 Å². The summed E-state index contributed by atoms with van der Waals surface area (Å²) in [6, 6.07) is 19.7.